The summed E-state index contributed by atoms with van der Waals surface area (Å²) in [7, 11) is -3.46. The van der Waals surface area contributed by atoms with Crippen LogP contribution >= 0.6 is 0 Å². The van der Waals surface area contributed by atoms with Crippen molar-refractivity contribution in [3.63, 3.8) is 0 Å². The zero-order chi connectivity index (χ0) is 13.4. The zero-order valence-corrected chi connectivity index (χ0v) is 11.3. The SMILES string of the molecule is CCNCCCCS(=O)(=O)Nc1ccccc1F. The van der Waals surface area contributed by atoms with Crippen LogP contribution in [0.2, 0.25) is 0 Å². The number of anilines is 1. The molecule has 2 N–H and O–H groups in total. The van der Waals surface area contributed by atoms with Gasteiger partial charge in [0.05, 0.1) is 11.4 Å². The lowest BCUT2D eigenvalue weighted by Gasteiger charge is -2.08. The van der Waals surface area contributed by atoms with Crippen LogP contribution in [-0.4, -0.2) is 27.3 Å². The van der Waals surface area contributed by atoms with Crippen LogP contribution in [0.5, 0.6) is 0 Å². The molecular weight excluding hydrogens is 255 g/mol. The molecule has 0 aliphatic heterocycles. The van der Waals surface area contributed by atoms with E-state index < -0.39 is 15.8 Å². The van der Waals surface area contributed by atoms with Crippen molar-refractivity contribution in [2.75, 3.05) is 23.6 Å². The molecule has 0 fully saturated rings. The minimum atomic E-state index is -3.46. The van der Waals surface area contributed by atoms with Gasteiger partial charge in [-0.2, -0.15) is 0 Å². The van der Waals surface area contributed by atoms with Crippen molar-refractivity contribution in [3.05, 3.63) is 30.1 Å². The van der Waals surface area contributed by atoms with Gasteiger partial charge in [-0.05, 0) is 38.1 Å². The highest BCUT2D eigenvalue weighted by Crippen LogP contribution is 2.14. The van der Waals surface area contributed by atoms with E-state index in [-0.39, 0.29) is 11.4 Å². The Morgan fingerprint density at radius 2 is 1.94 bits per heavy atom. The summed E-state index contributed by atoms with van der Waals surface area (Å²) in [5, 5.41) is 3.12. The maximum Gasteiger partial charge on any atom is 0.232 e. The second-order valence-electron chi connectivity index (χ2n) is 3.96. The molecule has 0 atom stereocenters. The number of hydrogen-bond acceptors (Lipinski definition) is 3. The highest BCUT2D eigenvalue weighted by atomic mass is 32.2. The molecule has 1 aromatic rings. The number of hydrogen-bond donors (Lipinski definition) is 2. The first kappa shape index (κ1) is 14.9. The van der Waals surface area contributed by atoms with Gasteiger partial charge >= 0.3 is 0 Å². The average Bonchev–Trinajstić information content (AvgIpc) is 2.31. The van der Waals surface area contributed by atoms with Crippen LogP contribution in [0.15, 0.2) is 24.3 Å². The van der Waals surface area contributed by atoms with Gasteiger partial charge in [0.1, 0.15) is 5.82 Å². The van der Waals surface area contributed by atoms with Crippen molar-refractivity contribution in [2.24, 2.45) is 0 Å². The second kappa shape index (κ2) is 7.33. The maximum atomic E-state index is 13.3. The zero-order valence-electron chi connectivity index (χ0n) is 10.4. The van der Waals surface area contributed by atoms with E-state index in [4.69, 9.17) is 0 Å². The predicted octanol–water partition coefficient (Wildman–Crippen LogP) is 1.96. The minimum absolute atomic E-state index is 0.00387. The lowest BCUT2D eigenvalue weighted by atomic mass is 10.3. The van der Waals surface area contributed by atoms with Crippen LogP contribution in [-0.2, 0) is 10.0 Å². The second-order valence-corrected chi connectivity index (χ2v) is 5.80. The van der Waals surface area contributed by atoms with E-state index >= 15 is 0 Å². The van der Waals surface area contributed by atoms with Gasteiger partial charge in [-0.1, -0.05) is 19.1 Å². The van der Waals surface area contributed by atoms with E-state index in [9.17, 15) is 12.8 Å². The Labute approximate surface area is 108 Å². The Bertz CT molecular complexity index is 463. The molecule has 4 nitrogen and oxygen atoms in total. The van der Waals surface area contributed by atoms with E-state index in [0.717, 1.165) is 19.5 Å². The number of benzene rings is 1. The van der Waals surface area contributed by atoms with Gasteiger partial charge < -0.3 is 5.32 Å². The Morgan fingerprint density at radius 3 is 2.61 bits per heavy atom. The van der Waals surface area contributed by atoms with Gasteiger partial charge in [-0.15, -0.1) is 0 Å². The summed E-state index contributed by atoms with van der Waals surface area (Å²) < 4.78 is 38.9. The van der Waals surface area contributed by atoms with Gasteiger partial charge in [-0.3, -0.25) is 4.72 Å². The summed E-state index contributed by atoms with van der Waals surface area (Å²) in [4.78, 5) is 0. The number of rotatable bonds is 8. The number of para-hydroxylation sites is 1. The lowest BCUT2D eigenvalue weighted by Crippen LogP contribution is -2.19. The first-order valence-corrected chi connectivity index (χ1v) is 7.66. The van der Waals surface area contributed by atoms with E-state index in [1.54, 1.807) is 6.07 Å². The van der Waals surface area contributed by atoms with Crippen LogP contribution < -0.4 is 10.0 Å². The molecule has 0 aromatic heterocycles. The molecule has 102 valence electrons. The van der Waals surface area contributed by atoms with Crippen LogP contribution in [0.1, 0.15) is 19.8 Å². The van der Waals surface area contributed by atoms with E-state index in [1.165, 1.54) is 18.2 Å². The monoisotopic (exact) mass is 274 g/mol. The maximum absolute atomic E-state index is 13.3. The van der Waals surface area contributed by atoms with Gasteiger partial charge in [0.2, 0.25) is 10.0 Å². The minimum Gasteiger partial charge on any atom is -0.317 e. The molecule has 0 aliphatic rings. The first-order chi connectivity index (χ1) is 8.55. The highest BCUT2D eigenvalue weighted by molar-refractivity contribution is 7.92. The standard InChI is InChI=1S/C12H19FN2O2S/c1-2-14-9-5-6-10-18(16,17)15-12-8-4-3-7-11(12)13/h3-4,7-8,14-15H,2,5-6,9-10H2,1H3. The van der Waals surface area contributed by atoms with Crippen molar-refractivity contribution in [1.82, 2.24) is 5.32 Å². The third-order valence-electron chi connectivity index (χ3n) is 2.41. The molecule has 18 heavy (non-hydrogen) atoms. The van der Waals surface area contributed by atoms with Crippen molar-refractivity contribution in [3.8, 4) is 0 Å². The fourth-order valence-electron chi connectivity index (χ4n) is 1.48. The van der Waals surface area contributed by atoms with E-state index in [1.807, 2.05) is 6.92 Å². The quantitative estimate of drug-likeness (QED) is 0.712. The number of sulfonamides is 1. The summed E-state index contributed by atoms with van der Waals surface area (Å²) >= 11 is 0. The molecule has 0 unspecified atom stereocenters. The summed E-state index contributed by atoms with van der Waals surface area (Å²) in [6.07, 6.45) is 1.34. The van der Waals surface area contributed by atoms with Crippen LogP contribution in [0.4, 0.5) is 10.1 Å². The Balaban J connectivity index is 2.43. The summed E-state index contributed by atoms with van der Waals surface area (Å²) in [5.74, 6) is -0.555. The van der Waals surface area contributed by atoms with Crippen molar-refractivity contribution < 1.29 is 12.8 Å². The molecule has 0 saturated carbocycles. The van der Waals surface area contributed by atoms with Gasteiger partial charge in [0, 0.05) is 0 Å². The molecule has 0 bridgehead atoms. The molecule has 0 spiro atoms. The smallest absolute Gasteiger partial charge is 0.232 e. The van der Waals surface area contributed by atoms with Gasteiger partial charge in [0.25, 0.3) is 0 Å². The van der Waals surface area contributed by atoms with Crippen LogP contribution in [0.3, 0.4) is 0 Å². The van der Waals surface area contributed by atoms with E-state index in [0.29, 0.717) is 6.42 Å². The molecular formula is C12H19FN2O2S. The topological polar surface area (TPSA) is 58.2 Å². The first-order valence-electron chi connectivity index (χ1n) is 6.01. The predicted molar refractivity (Wildman–Crippen MR) is 71.6 cm³/mol. The molecule has 1 aromatic carbocycles. The molecule has 0 radical (unpaired) electrons. The Kier molecular flexibility index (Phi) is 6.07. The summed E-state index contributed by atoms with van der Waals surface area (Å²) in [6, 6.07) is 5.74. The third kappa shape index (κ3) is 5.46. The molecule has 0 amide bonds. The normalized spacial score (nSPS) is 11.4. The lowest BCUT2D eigenvalue weighted by molar-refractivity contribution is 0.591. The fourth-order valence-corrected chi connectivity index (χ4v) is 2.67. The number of halogens is 1. The number of unbranched alkanes of at least 4 members (excludes halogenated alkanes) is 1. The van der Waals surface area contributed by atoms with E-state index in [2.05, 4.69) is 10.0 Å². The molecule has 6 heteroatoms. The van der Waals surface area contributed by atoms with Gasteiger partial charge in [-0.25, -0.2) is 12.8 Å². The molecule has 1 rings (SSSR count). The Morgan fingerprint density at radius 1 is 1.22 bits per heavy atom. The Hall–Kier alpha value is -1.14. The molecule has 0 aliphatic carbocycles. The molecule has 0 heterocycles. The highest BCUT2D eigenvalue weighted by Gasteiger charge is 2.12. The van der Waals surface area contributed by atoms with Crippen molar-refractivity contribution in [1.29, 1.82) is 0 Å². The molecule has 0 saturated heterocycles. The summed E-state index contributed by atoms with van der Waals surface area (Å²) in [5.41, 5.74) is 0.00387. The van der Waals surface area contributed by atoms with Crippen LogP contribution in [0.25, 0.3) is 0 Å². The largest absolute Gasteiger partial charge is 0.317 e. The fraction of sp³-hybridized carbons (Fsp3) is 0.500. The third-order valence-corrected chi connectivity index (χ3v) is 3.76. The van der Waals surface area contributed by atoms with Crippen molar-refractivity contribution in [2.45, 2.75) is 19.8 Å². The summed E-state index contributed by atoms with van der Waals surface area (Å²) in [6.45, 7) is 3.67. The van der Waals surface area contributed by atoms with Crippen molar-refractivity contribution >= 4 is 15.7 Å². The van der Waals surface area contributed by atoms with Crippen LogP contribution in [0, 0.1) is 5.82 Å². The van der Waals surface area contributed by atoms with Gasteiger partial charge in [0.15, 0.2) is 0 Å². The number of nitrogens with one attached hydrogen (secondary N) is 2. The average molecular weight is 274 g/mol.